The molecule has 1 saturated heterocycles. The average Bonchev–Trinajstić information content (AvgIpc) is 3.02. The standard InChI is InChI=1S/C15H21N5O2/c1-9(2)15(21)5-14(6-15)4-3-10(22-14)20-8-19-11-12(16)17-7-18-13(11)20/h7-10,21H,3-6H2,1-2H3,(H2,16,17,18)/t10-,14?,15?/m1/s1. The van der Waals surface area contributed by atoms with Gasteiger partial charge in [-0.1, -0.05) is 13.8 Å². The monoisotopic (exact) mass is 303 g/mol. The van der Waals surface area contributed by atoms with Crippen molar-refractivity contribution in [1.29, 1.82) is 0 Å². The molecule has 2 aromatic heterocycles. The first-order valence-corrected chi connectivity index (χ1v) is 7.76. The molecule has 3 N–H and O–H groups in total. The van der Waals surface area contributed by atoms with Crippen LogP contribution in [0, 0.1) is 5.92 Å². The molecule has 2 aromatic rings. The summed E-state index contributed by atoms with van der Waals surface area (Å²) in [6.07, 6.45) is 6.32. The lowest BCUT2D eigenvalue weighted by atomic mass is 9.61. The van der Waals surface area contributed by atoms with E-state index in [4.69, 9.17) is 10.5 Å². The number of fused-ring (bicyclic) bond motifs is 1. The van der Waals surface area contributed by atoms with Crippen LogP contribution in [0.5, 0.6) is 0 Å². The SMILES string of the molecule is CC(C)C1(O)CC2(CC[C@H](n3cnc4c(N)ncnc43)O2)C1. The van der Waals surface area contributed by atoms with Crippen LogP contribution in [0.25, 0.3) is 11.2 Å². The van der Waals surface area contributed by atoms with E-state index in [1.54, 1.807) is 6.33 Å². The van der Waals surface area contributed by atoms with Crippen molar-refractivity contribution in [3.8, 4) is 0 Å². The molecule has 1 aliphatic heterocycles. The van der Waals surface area contributed by atoms with Gasteiger partial charge < -0.3 is 15.6 Å². The van der Waals surface area contributed by atoms with Gasteiger partial charge in [-0.3, -0.25) is 4.57 Å². The summed E-state index contributed by atoms with van der Waals surface area (Å²) in [5.74, 6) is 0.636. The van der Waals surface area contributed by atoms with Crippen molar-refractivity contribution in [2.75, 3.05) is 5.73 Å². The van der Waals surface area contributed by atoms with E-state index < -0.39 is 5.60 Å². The van der Waals surface area contributed by atoms with Crippen LogP contribution in [0.15, 0.2) is 12.7 Å². The van der Waals surface area contributed by atoms with E-state index in [1.165, 1.54) is 6.33 Å². The van der Waals surface area contributed by atoms with Crippen molar-refractivity contribution in [3.05, 3.63) is 12.7 Å². The van der Waals surface area contributed by atoms with Crippen LogP contribution in [0.3, 0.4) is 0 Å². The number of ether oxygens (including phenoxy) is 1. The van der Waals surface area contributed by atoms with Gasteiger partial charge >= 0.3 is 0 Å². The van der Waals surface area contributed by atoms with Gasteiger partial charge in [0.25, 0.3) is 0 Å². The minimum atomic E-state index is -0.585. The second kappa shape index (κ2) is 4.39. The maximum atomic E-state index is 10.5. The van der Waals surface area contributed by atoms with Crippen LogP contribution in [0.4, 0.5) is 5.82 Å². The van der Waals surface area contributed by atoms with Crippen molar-refractivity contribution in [2.45, 2.75) is 57.0 Å². The van der Waals surface area contributed by atoms with Crippen LogP contribution in [0.2, 0.25) is 0 Å². The molecule has 7 heteroatoms. The Labute approximate surface area is 128 Å². The highest BCUT2D eigenvalue weighted by Crippen LogP contribution is 2.56. The molecular formula is C15H21N5O2. The predicted molar refractivity (Wildman–Crippen MR) is 80.8 cm³/mol. The van der Waals surface area contributed by atoms with Gasteiger partial charge in [0.1, 0.15) is 18.1 Å². The molecule has 0 radical (unpaired) electrons. The molecule has 3 heterocycles. The maximum Gasteiger partial charge on any atom is 0.167 e. The summed E-state index contributed by atoms with van der Waals surface area (Å²) in [6.45, 7) is 4.12. The summed E-state index contributed by atoms with van der Waals surface area (Å²) in [5, 5.41) is 10.5. The number of aliphatic hydroxyl groups is 1. The molecule has 0 bridgehead atoms. The molecule has 4 rings (SSSR count). The van der Waals surface area contributed by atoms with Crippen molar-refractivity contribution in [3.63, 3.8) is 0 Å². The Morgan fingerprint density at radius 1 is 1.36 bits per heavy atom. The largest absolute Gasteiger partial charge is 0.389 e. The molecule has 2 aliphatic rings. The Morgan fingerprint density at radius 2 is 2.14 bits per heavy atom. The zero-order valence-corrected chi connectivity index (χ0v) is 12.9. The number of nitrogens with two attached hydrogens (primary N) is 1. The fourth-order valence-corrected chi connectivity index (χ4v) is 3.80. The minimum absolute atomic E-state index is 0.101. The number of imidazole rings is 1. The van der Waals surface area contributed by atoms with E-state index >= 15 is 0 Å². The maximum absolute atomic E-state index is 10.5. The average molecular weight is 303 g/mol. The normalized spacial score (nSPS) is 34.6. The molecule has 1 saturated carbocycles. The van der Waals surface area contributed by atoms with E-state index in [9.17, 15) is 5.11 Å². The highest BCUT2D eigenvalue weighted by atomic mass is 16.5. The Hall–Kier alpha value is -1.73. The summed E-state index contributed by atoms with van der Waals surface area (Å²) in [5.41, 5.74) is 6.36. The summed E-state index contributed by atoms with van der Waals surface area (Å²) in [6, 6.07) is 0. The van der Waals surface area contributed by atoms with Gasteiger partial charge in [0, 0.05) is 12.8 Å². The van der Waals surface area contributed by atoms with Crippen molar-refractivity contribution < 1.29 is 9.84 Å². The van der Waals surface area contributed by atoms with E-state index in [0.29, 0.717) is 29.8 Å². The van der Waals surface area contributed by atoms with Crippen molar-refractivity contribution >= 4 is 17.0 Å². The lowest BCUT2D eigenvalue weighted by Crippen LogP contribution is -2.59. The third-order valence-corrected chi connectivity index (χ3v) is 5.26. The zero-order chi connectivity index (χ0) is 15.5. The fourth-order valence-electron chi connectivity index (χ4n) is 3.80. The molecule has 1 atom stereocenters. The number of anilines is 1. The van der Waals surface area contributed by atoms with Crippen molar-refractivity contribution in [2.24, 2.45) is 5.92 Å². The van der Waals surface area contributed by atoms with Crippen LogP contribution >= 0.6 is 0 Å². The third-order valence-electron chi connectivity index (χ3n) is 5.26. The number of rotatable bonds is 2. The van der Waals surface area contributed by atoms with E-state index in [1.807, 2.05) is 4.57 Å². The Kier molecular flexibility index (Phi) is 2.77. The molecule has 1 spiro atoms. The molecule has 1 aliphatic carbocycles. The fraction of sp³-hybridized carbons (Fsp3) is 0.667. The Balaban J connectivity index is 1.57. The molecule has 7 nitrogen and oxygen atoms in total. The summed E-state index contributed by atoms with van der Waals surface area (Å²) in [4.78, 5) is 12.5. The molecule has 0 aromatic carbocycles. The summed E-state index contributed by atoms with van der Waals surface area (Å²) >= 11 is 0. The third kappa shape index (κ3) is 1.85. The zero-order valence-electron chi connectivity index (χ0n) is 12.9. The van der Waals surface area contributed by atoms with Gasteiger partial charge in [-0.05, 0) is 18.8 Å². The lowest BCUT2D eigenvalue weighted by molar-refractivity contribution is -0.224. The first-order chi connectivity index (χ1) is 10.4. The van der Waals surface area contributed by atoms with Gasteiger partial charge in [0.15, 0.2) is 11.5 Å². The van der Waals surface area contributed by atoms with E-state index in [2.05, 4.69) is 28.8 Å². The molecule has 22 heavy (non-hydrogen) atoms. The number of nitrogens with zero attached hydrogens (tertiary/aromatic N) is 4. The number of nitrogen functional groups attached to an aromatic ring is 1. The molecule has 0 unspecified atom stereocenters. The van der Waals surface area contributed by atoms with Crippen LogP contribution in [-0.4, -0.2) is 35.8 Å². The minimum Gasteiger partial charge on any atom is -0.389 e. The van der Waals surface area contributed by atoms with Gasteiger partial charge in [-0.2, -0.15) is 0 Å². The molecule has 0 amide bonds. The lowest BCUT2D eigenvalue weighted by Gasteiger charge is -2.53. The second-order valence-electron chi connectivity index (χ2n) is 6.99. The Morgan fingerprint density at radius 3 is 2.86 bits per heavy atom. The van der Waals surface area contributed by atoms with Gasteiger partial charge in [-0.25, -0.2) is 15.0 Å². The number of aromatic nitrogens is 4. The molecule has 118 valence electrons. The smallest absolute Gasteiger partial charge is 0.167 e. The summed E-state index contributed by atoms with van der Waals surface area (Å²) < 4.78 is 8.21. The van der Waals surface area contributed by atoms with Crippen LogP contribution < -0.4 is 5.73 Å². The van der Waals surface area contributed by atoms with Crippen molar-refractivity contribution in [1.82, 2.24) is 19.5 Å². The topological polar surface area (TPSA) is 99.1 Å². The summed E-state index contributed by atoms with van der Waals surface area (Å²) in [7, 11) is 0. The first-order valence-electron chi connectivity index (χ1n) is 7.76. The highest BCUT2D eigenvalue weighted by molar-refractivity contribution is 5.81. The highest BCUT2D eigenvalue weighted by Gasteiger charge is 2.59. The molecular weight excluding hydrogens is 282 g/mol. The number of hydrogen-bond donors (Lipinski definition) is 2. The van der Waals surface area contributed by atoms with E-state index in [0.717, 1.165) is 12.8 Å². The van der Waals surface area contributed by atoms with E-state index in [-0.39, 0.29) is 17.7 Å². The van der Waals surface area contributed by atoms with Gasteiger partial charge in [0.05, 0.1) is 17.5 Å². The Bertz CT molecular complexity index is 720. The first kappa shape index (κ1) is 13.9. The predicted octanol–water partition coefficient (Wildman–Crippen LogP) is 1.64. The molecule has 2 fully saturated rings. The van der Waals surface area contributed by atoms with Crippen LogP contribution in [0.1, 0.15) is 45.8 Å². The quantitative estimate of drug-likeness (QED) is 0.875. The number of hydrogen-bond acceptors (Lipinski definition) is 6. The van der Waals surface area contributed by atoms with Crippen LogP contribution in [-0.2, 0) is 4.74 Å². The van der Waals surface area contributed by atoms with Gasteiger partial charge in [-0.15, -0.1) is 0 Å². The van der Waals surface area contributed by atoms with Gasteiger partial charge in [0.2, 0.25) is 0 Å². The second-order valence-corrected chi connectivity index (χ2v) is 6.99.